The Morgan fingerprint density at radius 3 is 1.91 bits per heavy atom. The van der Waals surface area contributed by atoms with E-state index >= 15 is 0 Å². The van der Waals surface area contributed by atoms with Crippen LogP contribution in [0.25, 0.3) is 0 Å². The fraction of sp³-hybridized carbons (Fsp3) is 0.857. The summed E-state index contributed by atoms with van der Waals surface area (Å²) in [4.78, 5) is 22.9. The summed E-state index contributed by atoms with van der Waals surface area (Å²) in [5, 5.41) is 2.09. The molecule has 1 N–H and O–H groups in total. The molecule has 0 rings (SSSR count). The van der Waals surface area contributed by atoms with Crippen LogP contribution in [0, 0.1) is 5.92 Å². The smallest absolute Gasteiger partial charge is 0.408 e. The minimum Gasteiger partial charge on any atom is -0.467 e. The quantitative estimate of drug-likeness (QED) is 0.799. The highest BCUT2D eigenvalue weighted by molar-refractivity contribution is 5.81. The molecule has 0 unspecified atom stereocenters. The maximum Gasteiger partial charge on any atom is 0.408 e. The molecule has 0 heterocycles. The molecule has 0 saturated heterocycles. The van der Waals surface area contributed by atoms with Crippen molar-refractivity contribution < 1.29 is 32.2 Å². The van der Waals surface area contributed by atoms with Gasteiger partial charge in [-0.3, -0.25) is 0 Å². The standard InChI is InChI=1S/C12H20F3NO4.C2H6/c1-7(12(13,14)15)6-8(9(17)19-5)16-10(18)20-11(2,3)4;1-2/h7-8H,6H2,1-5H3,(H,16,18);1-2H3/t7-,8-;/m0./s1. The molecule has 0 aromatic heterocycles. The Labute approximate surface area is 129 Å². The van der Waals surface area contributed by atoms with E-state index in [-0.39, 0.29) is 0 Å². The Morgan fingerprint density at radius 2 is 1.59 bits per heavy atom. The highest BCUT2D eigenvalue weighted by Crippen LogP contribution is 2.29. The number of hydrogen-bond donors (Lipinski definition) is 1. The first-order valence-corrected chi connectivity index (χ1v) is 7.01. The number of nitrogens with one attached hydrogen (secondary N) is 1. The molecular weight excluding hydrogens is 303 g/mol. The van der Waals surface area contributed by atoms with Crippen LogP contribution >= 0.6 is 0 Å². The van der Waals surface area contributed by atoms with E-state index in [1.165, 1.54) is 0 Å². The van der Waals surface area contributed by atoms with Crippen molar-refractivity contribution >= 4 is 12.1 Å². The van der Waals surface area contributed by atoms with Crippen LogP contribution in [-0.4, -0.2) is 37.0 Å². The number of halogens is 3. The topological polar surface area (TPSA) is 64.6 Å². The van der Waals surface area contributed by atoms with E-state index in [1.807, 2.05) is 13.8 Å². The predicted octanol–water partition coefficient (Wildman–Crippen LogP) is 3.67. The molecule has 0 radical (unpaired) electrons. The molecule has 0 aliphatic heterocycles. The number of carbonyl (C=O) groups is 2. The number of esters is 1. The van der Waals surface area contributed by atoms with Crippen molar-refractivity contribution in [2.24, 2.45) is 5.92 Å². The summed E-state index contributed by atoms with van der Waals surface area (Å²) >= 11 is 0. The van der Waals surface area contributed by atoms with Crippen molar-refractivity contribution in [3.63, 3.8) is 0 Å². The lowest BCUT2D eigenvalue weighted by Gasteiger charge is -2.24. The highest BCUT2D eigenvalue weighted by Gasteiger charge is 2.39. The number of ether oxygens (including phenoxy) is 2. The highest BCUT2D eigenvalue weighted by atomic mass is 19.4. The summed E-state index contributed by atoms with van der Waals surface area (Å²) in [6, 6.07) is -1.41. The van der Waals surface area contributed by atoms with Gasteiger partial charge in [-0.25, -0.2) is 9.59 Å². The van der Waals surface area contributed by atoms with E-state index in [9.17, 15) is 22.8 Å². The van der Waals surface area contributed by atoms with Crippen LogP contribution in [0.15, 0.2) is 0 Å². The molecule has 1 amide bonds. The van der Waals surface area contributed by atoms with Gasteiger partial charge in [-0.05, 0) is 27.2 Å². The normalized spacial score (nSPS) is 14.1. The van der Waals surface area contributed by atoms with Gasteiger partial charge in [0, 0.05) is 0 Å². The molecule has 0 bridgehead atoms. The second-order valence-electron chi connectivity index (χ2n) is 5.40. The maximum absolute atomic E-state index is 12.5. The summed E-state index contributed by atoms with van der Waals surface area (Å²) in [7, 11) is 1.03. The van der Waals surface area contributed by atoms with Crippen LogP contribution in [0.1, 0.15) is 48.0 Å². The fourth-order valence-corrected chi connectivity index (χ4v) is 1.29. The summed E-state index contributed by atoms with van der Waals surface area (Å²) < 4.78 is 46.7. The van der Waals surface area contributed by atoms with Gasteiger partial charge in [0.05, 0.1) is 13.0 Å². The zero-order valence-electron chi connectivity index (χ0n) is 14.1. The van der Waals surface area contributed by atoms with Crippen molar-refractivity contribution in [1.29, 1.82) is 0 Å². The molecule has 0 aromatic carbocycles. The zero-order valence-corrected chi connectivity index (χ0v) is 14.1. The van der Waals surface area contributed by atoms with E-state index < -0.39 is 42.2 Å². The average Bonchev–Trinajstić information content (AvgIpc) is 2.35. The summed E-state index contributed by atoms with van der Waals surface area (Å²) in [6.45, 7) is 9.71. The Bertz CT molecular complexity index is 351. The predicted molar refractivity (Wildman–Crippen MR) is 76.4 cm³/mol. The minimum atomic E-state index is -4.46. The molecular formula is C14H26F3NO4. The zero-order chi connectivity index (χ0) is 18.1. The lowest BCUT2D eigenvalue weighted by Crippen LogP contribution is -2.46. The number of amides is 1. The van der Waals surface area contributed by atoms with Crippen LogP contribution in [0.4, 0.5) is 18.0 Å². The number of carbonyl (C=O) groups excluding carboxylic acids is 2. The van der Waals surface area contributed by atoms with Crippen LogP contribution in [-0.2, 0) is 14.3 Å². The fourth-order valence-electron chi connectivity index (χ4n) is 1.29. The second kappa shape index (κ2) is 9.53. The van der Waals surface area contributed by atoms with E-state index in [0.717, 1.165) is 14.0 Å². The number of methoxy groups -OCH3 is 1. The summed E-state index contributed by atoms with van der Waals surface area (Å²) in [5.74, 6) is -2.71. The van der Waals surface area contributed by atoms with Gasteiger partial charge < -0.3 is 14.8 Å². The first kappa shape index (κ1) is 22.8. The third-order valence-corrected chi connectivity index (χ3v) is 2.32. The lowest BCUT2D eigenvalue weighted by molar-refractivity contribution is -0.174. The van der Waals surface area contributed by atoms with E-state index in [1.54, 1.807) is 20.8 Å². The van der Waals surface area contributed by atoms with Crippen molar-refractivity contribution in [3.8, 4) is 0 Å². The van der Waals surface area contributed by atoms with E-state index in [2.05, 4.69) is 10.1 Å². The first-order chi connectivity index (χ1) is 9.86. The third kappa shape index (κ3) is 10.3. The van der Waals surface area contributed by atoms with Gasteiger partial charge in [-0.2, -0.15) is 13.2 Å². The van der Waals surface area contributed by atoms with Gasteiger partial charge in [-0.1, -0.05) is 20.8 Å². The van der Waals surface area contributed by atoms with Crippen LogP contribution < -0.4 is 5.32 Å². The van der Waals surface area contributed by atoms with Crippen LogP contribution in [0.2, 0.25) is 0 Å². The van der Waals surface area contributed by atoms with Gasteiger partial charge >= 0.3 is 18.2 Å². The number of alkyl halides is 3. The largest absolute Gasteiger partial charge is 0.467 e. The molecule has 132 valence electrons. The van der Waals surface area contributed by atoms with Crippen LogP contribution in [0.3, 0.4) is 0 Å². The lowest BCUT2D eigenvalue weighted by atomic mass is 10.0. The third-order valence-electron chi connectivity index (χ3n) is 2.32. The molecule has 0 aliphatic carbocycles. The SMILES string of the molecule is CC.COC(=O)[C@H](C[C@H](C)C(F)(F)F)NC(=O)OC(C)(C)C. The summed E-state index contributed by atoms with van der Waals surface area (Å²) in [5.41, 5.74) is -0.819. The summed E-state index contributed by atoms with van der Waals surface area (Å²) in [6.07, 6.45) is -6.04. The number of hydrogen-bond acceptors (Lipinski definition) is 4. The van der Waals surface area contributed by atoms with Crippen LogP contribution in [0.5, 0.6) is 0 Å². The molecule has 0 aromatic rings. The Hall–Kier alpha value is -1.47. The minimum absolute atomic E-state index is 0.616. The molecule has 2 atom stereocenters. The Morgan fingerprint density at radius 1 is 1.14 bits per heavy atom. The Balaban J connectivity index is 0. The van der Waals surface area contributed by atoms with Gasteiger partial charge in [-0.15, -0.1) is 0 Å². The van der Waals surface area contributed by atoms with Crippen molar-refractivity contribution in [2.75, 3.05) is 7.11 Å². The van der Waals surface area contributed by atoms with Gasteiger partial charge in [0.1, 0.15) is 11.6 Å². The molecule has 0 saturated carbocycles. The second-order valence-corrected chi connectivity index (χ2v) is 5.40. The van der Waals surface area contributed by atoms with Crippen molar-refractivity contribution in [2.45, 2.75) is 65.8 Å². The number of rotatable bonds is 4. The first-order valence-electron chi connectivity index (χ1n) is 7.01. The molecule has 22 heavy (non-hydrogen) atoms. The molecule has 0 aliphatic rings. The van der Waals surface area contributed by atoms with Gasteiger partial charge in [0.25, 0.3) is 0 Å². The molecule has 8 heteroatoms. The average molecular weight is 329 g/mol. The van der Waals surface area contributed by atoms with Gasteiger partial charge in [0.15, 0.2) is 0 Å². The maximum atomic E-state index is 12.5. The number of alkyl carbamates (subject to hydrolysis) is 1. The van der Waals surface area contributed by atoms with E-state index in [0.29, 0.717) is 0 Å². The molecule has 0 spiro atoms. The van der Waals surface area contributed by atoms with E-state index in [4.69, 9.17) is 4.74 Å². The molecule has 5 nitrogen and oxygen atoms in total. The Kier molecular flexibility index (Phi) is 9.88. The van der Waals surface area contributed by atoms with Crippen molar-refractivity contribution in [1.82, 2.24) is 5.32 Å². The monoisotopic (exact) mass is 329 g/mol. The van der Waals surface area contributed by atoms with Crippen molar-refractivity contribution in [3.05, 3.63) is 0 Å². The van der Waals surface area contributed by atoms with Gasteiger partial charge in [0.2, 0.25) is 0 Å². The molecule has 0 fully saturated rings.